The fraction of sp³-hybridized carbons (Fsp3) is 0.667. The normalized spacial score (nSPS) is 24.9. The van der Waals surface area contributed by atoms with Crippen molar-refractivity contribution in [3.05, 3.63) is 29.6 Å². The third kappa shape index (κ3) is 3.57. The van der Waals surface area contributed by atoms with E-state index in [1.54, 1.807) is 6.07 Å². The molecule has 3 heteroatoms. The summed E-state index contributed by atoms with van der Waals surface area (Å²) in [5.74, 6) is 0.716. The van der Waals surface area contributed by atoms with Gasteiger partial charge in [0.15, 0.2) is 0 Å². The Bertz CT molecular complexity index is 468. The minimum Gasteiger partial charge on any atom is -0.370 e. The molecular weight excluding hydrogens is 263 g/mol. The van der Waals surface area contributed by atoms with Crippen LogP contribution in [0.3, 0.4) is 0 Å². The number of nitrogens with one attached hydrogen (secondary N) is 1. The van der Waals surface area contributed by atoms with Crippen molar-refractivity contribution in [2.24, 2.45) is 5.92 Å². The fourth-order valence-electron chi connectivity index (χ4n) is 3.82. The summed E-state index contributed by atoms with van der Waals surface area (Å²) in [7, 11) is 0. The smallest absolute Gasteiger partial charge is 0.128 e. The largest absolute Gasteiger partial charge is 0.370 e. The molecule has 0 spiro atoms. The van der Waals surface area contributed by atoms with Crippen LogP contribution >= 0.6 is 0 Å². The Balaban J connectivity index is 1.73. The van der Waals surface area contributed by atoms with E-state index in [9.17, 15) is 4.39 Å². The molecule has 2 aliphatic rings. The zero-order chi connectivity index (χ0) is 14.7. The van der Waals surface area contributed by atoms with Crippen LogP contribution in [0.5, 0.6) is 0 Å². The highest BCUT2D eigenvalue weighted by Gasteiger charge is 2.27. The van der Waals surface area contributed by atoms with Gasteiger partial charge in [-0.3, -0.25) is 0 Å². The van der Waals surface area contributed by atoms with E-state index in [0.29, 0.717) is 6.04 Å². The van der Waals surface area contributed by atoms with Gasteiger partial charge >= 0.3 is 0 Å². The third-order valence-corrected chi connectivity index (χ3v) is 5.17. The van der Waals surface area contributed by atoms with E-state index in [2.05, 4.69) is 16.3 Å². The maximum absolute atomic E-state index is 13.8. The Hall–Kier alpha value is -1.09. The van der Waals surface area contributed by atoms with Gasteiger partial charge in [-0.1, -0.05) is 25.3 Å². The fourth-order valence-corrected chi connectivity index (χ4v) is 3.82. The molecule has 0 radical (unpaired) electrons. The Kier molecular flexibility index (Phi) is 4.79. The summed E-state index contributed by atoms with van der Waals surface area (Å²) < 4.78 is 13.8. The van der Waals surface area contributed by atoms with Gasteiger partial charge in [-0.05, 0) is 56.3 Å². The molecule has 116 valence electrons. The number of rotatable bonds is 2. The van der Waals surface area contributed by atoms with Crippen molar-refractivity contribution in [2.75, 3.05) is 24.5 Å². The van der Waals surface area contributed by atoms with E-state index >= 15 is 0 Å². The van der Waals surface area contributed by atoms with Crippen molar-refractivity contribution in [3.63, 3.8) is 0 Å². The second-order valence-electron chi connectivity index (χ2n) is 6.69. The first-order valence-corrected chi connectivity index (χ1v) is 8.48. The number of benzene rings is 1. The number of anilines is 1. The minimum absolute atomic E-state index is 0.0843. The van der Waals surface area contributed by atoms with Crippen LogP contribution in [-0.2, 0) is 0 Å². The monoisotopic (exact) mass is 290 g/mol. The van der Waals surface area contributed by atoms with Crippen molar-refractivity contribution in [1.29, 1.82) is 0 Å². The van der Waals surface area contributed by atoms with Crippen LogP contribution in [0.4, 0.5) is 10.1 Å². The molecular formula is C18H27FN2. The number of hydrogen-bond donors (Lipinski definition) is 1. The predicted octanol–water partition coefficient (Wildman–Crippen LogP) is 3.88. The first-order chi connectivity index (χ1) is 10.2. The summed E-state index contributed by atoms with van der Waals surface area (Å²) in [5, 5.41) is 3.74. The molecule has 0 aromatic heterocycles. The van der Waals surface area contributed by atoms with Crippen LogP contribution in [-0.4, -0.2) is 25.7 Å². The molecule has 2 fully saturated rings. The quantitative estimate of drug-likeness (QED) is 0.889. The maximum Gasteiger partial charge on any atom is 0.128 e. The van der Waals surface area contributed by atoms with Gasteiger partial charge in [0.1, 0.15) is 5.82 Å². The molecule has 0 bridgehead atoms. The first kappa shape index (κ1) is 14.8. The average Bonchev–Trinajstić information content (AvgIpc) is 2.77. The molecule has 1 aliphatic heterocycles. The van der Waals surface area contributed by atoms with Crippen LogP contribution in [0.15, 0.2) is 18.2 Å². The molecule has 3 rings (SSSR count). The molecule has 1 aromatic carbocycles. The molecule has 1 aromatic rings. The molecule has 2 nitrogen and oxygen atoms in total. The van der Waals surface area contributed by atoms with Gasteiger partial charge in [0.25, 0.3) is 0 Å². The summed E-state index contributed by atoms with van der Waals surface area (Å²) >= 11 is 0. The number of aryl methyl sites for hydroxylation is 1. The molecule has 1 aliphatic carbocycles. The molecule has 1 unspecified atom stereocenters. The van der Waals surface area contributed by atoms with E-state index in [0.717, 1.165) is 43.2 Å². The molecule has 0 amide bonds. The number of hydrogen-bond acceptors (Lipinski definition) is 2. The first-order valence-electron chi connectivity index (χ1n) is 8.48. The van der Waals surface area contributed by atoms with E-state index in [1.165, 1.54) is 32.1 Å². The molecule has 1 atom stereocenters. The Morgan fingerprint density at radius 1 is 1.14 bits per heavy atom. The van der Waals surface area contributed by atoms with Crippen molar-refractivity contribution in [2.45, 2.75) is 51.5 Å². The lowest BCUT2D eigenvalue weighted by Crippen LogP contribution is -2.43. The molecule has 1 saturated carbocycles. The highest BCUT2D eigenvalue weighted by Crippen LogP contribution is 2.29. The van der Waals surface area contributed by atoms with Crippen molar-refractivity contribution in [1.82, 2.24) is 5.32 Å². The zero-order valence-electron chi connectivity index (χ0n) is 13.1. The third-order valence-electron chi connectivity index (χ3n) is 5.17. The second-order valence-corrected chi connectivity index (χ2v) is 6.69. The van der Waals surface area contributed by atoms with Gasteiger partial charge in [0.05, 0.1) is 0 Å². The lowest BCUT2D eigenvalue weighted by molar-refractivity contribution is 0.277. The maximum atomic E-state index is 13.8. The van der Waals surface area contributed by atoms with E-state index < -0.39 is 0 Å². The summed E-state index contributed by atoms with van der Waals surface area (Å²) in [5.41, 5.74) is 1.78. The lowest BCUT2D eigenvalue weighted by atomic mass is 9.83. The Morgan fingerprint density at radius 3 is 2.71 bits per heavy atom. The summed E-state index contributed by atoms with van der Waals surface area (Å²) in [6.45, 7) is 4.96. The SMILES string of the molecule is Cc1ccc(N2CCCNC(C3CCCCC3)C2)cc1F. The van der Waals surface area contributed by atoms with Crippen LogP contribution < -0.4 is 10.2 Å². The summed E-state index contributed by atoms with van der Waals surface area (Å²) in [4.78, 5) is 2.38. The van der Waals surface area contributed by atoms with Crippen molar-refractivity contribution < 1.29 is 4.39 Å². The van der Waals surface area contributed by atoms with Crippen LogP contribution in [0, 0.1) is 18.7 Å². The molecule has 1 saturated heterocycles. The van der Waals surface area contributed by atoms with Crippen LogP contribution in [0.1, 0.15) is 44.1 Å². The van der Waals surface area contributed by atoms with Gasteiger partial charge in [-0.25, -0.2) is 4.39 Å². The minimum atomic E-state index is -0.0843. The second kappa shape index (κ2) is 6.78. The highest BCUT2D eigenvalue weighted by molar-refractivity contribution is 5.48. The van der Waals surface area contributed by atoms with Crippen molar-refractivity contribution >= 4 is 5.69 Å². The van der Waals surface area contributed by atoms with E-state index in [4.69, 9.17) is 0 Å². The van der Waals surface area contributed by atoms with E-state index in [-0.39, 0.29) is 5.82 Å². The summed E-state index contributed by atoms with van der Waals surface area (Å²) in [6, 6.07) is 6.25. The van der Waals surface area contributed by atoms with Gasteiger partial charge < -0.3 is 10.2 Å². The van der Waals surface area contributed by atoms with Crippen molar-refractivity contribution in [3.8, 4) is 0 Å². The lowest BCUT2D eigenvalue weighted by Gasteiger charge is -2.33. The van der Waals surface area contributed by atoms with Crippen LogP contribution in [0.2, 0.25) is 0 Å². The number of nitrogens with zero attached hydrogens (tertiary/aromatic N) is 1. The van der Waals surface area contributed by atoms with Gasteiger partial charge in [-0.2, -0.15) is 0 Å². The predicted molar refractivity (Wildman–Crippen MR) is 86.3 cm³/mol. The zero-order valence-corrected chi connectivity index (χ0v) is 13.1. The summed E-state index contributed by atoms with van der Waals surface area (Å²) in [6.07, 6.45) is 8.00. The highest BCUT2D eigenvalue weighted by atomic mass is 19.1. The van der Waals surface area contributed by atoms with Gasteiger partial charge in [0, 0.05) is 24.8 Å². The molecule has 1 N–H and O–H groups in total. The topological polar surface area (TPSA) is 15.3 Å². The van der Waals surface area contributed by atoms with Crippen LogP contribution in [0.25, 0.3) is 0 Å². The standard InChI is InChI=1S/C18H27FN2/c1-14-8-9-16(12-17(14)19)21-11-5-10-20-18(13-21)15-6-3-2-4-7-15/h8-9,12,15,18,20H,2-7,10-11,13H2,1H3. The Labute approximate surface area is 127 Å². The average molecular weight is 290 g/mol. The van der Waals surface area contributed by atoms with Gasteiger partial charge in [0.2, 0.25) is 0 Å². The Morgan fingerprint density at radius 2 is 1.95 bits per heavy atom. The molecule has 21 heavy (non-hydrogen) atoms. The van der Waals surface area contributed by atoms with Gasteiger partial charge in [-0.15, -0.1) is 0 Å². The molecule has 1 heterocycles. The van der Waals surface area contributed by atoms with E-state index in [1.807, 2.05) is 13.0 Å². The number of halogens is 1.